The van der Waals surface area contributed by atoms with Crippen molar-refractivity contribution in [3.8, 4) is 0 Å². The summed E-state index contributed by atoms with van der Waals surface area (Å²) in [5, 5.41) is 0. The molecule has 4 rings (SSSR count). The van der Waals surface area contributed by atoms with Gasteiger partial charge < -0.3 is 0 Å². The van der Waals surface area contributed by atoms with Crippen LogP contribution in [0.3, 0.4) is 0 Å². The molecule has 170 valence electrons. The predicted molar refractivity (Wildman–Crippen MR) is 148 cm³/mol. The van der Waals surface area contributed by atoms with Crippen molar-refractivity contribution in [3.63, 3.8) is 0 Å². The Balaban J connectivity index is 1.74. The van der Waals surface area contributed by atoms with E-state index in [0.717, 1.165) is 12.8 Å². The molecular weight excluding hydrogens is 408 g/mol. The molecule has 0 bridgehead atoms. The van der Waals surface area contributed by atoms with Crippen LogP contribution >= 0.6 is 0 Å². The molecule has 0 N–H and O–H groups in total. The van der Waals surface area contributed by atoms with Crippen molar-refractivity contribution in [2.45, 2.75) is 38.0 Å². The van der Waals surface area contributed by atoms with E-state index in [4.69, 9.17) is 0 Å². The molecule has 0 fully saturated rings. The Bertz CT molecular complexity index is 1200. The maximum atomic E-state index is 4.50. The van der Waals surface area contributed by atoms with Crippen LogP contribution < -0.4 is 0 Å². The van der Waals surface area contributed by atoms with E-state index in [1.807, 2.05) is 0 Å². The zero-order valence-electron chi connectivity index (χ0n) is 20.3. The minimum atomic E-state index is -0.0910. The van der Waals surface area contributed by atoms with E-state index in [0.29, 0.717) is 5.92 Å². The van der Waals surface area contributed by atoms with Crippen LogP contribution in [-0.2, 0) is 5.41 Å². The fourth-order valence-electron chi connectivity index (χ4n) is 4.84. The molecule has 0 aliphatic rings. The van der Waals surface area contributed by atoms with Gasteiger partial charge in [-0.3, -0.25) is 0 Å². The van der Waals surface area contributed by atoms with Gasteiger partial charge in [0.15, 0.2) is 0 Å². The minimum Gasteiger partial charge on any atom is -0.0952 e. The van der Waals surface area contributed by atoms with Crippen molar-refractivity contribution in [1.82, 2.24) is 0 Å². The van der Waals surface area contributed by atoms with Crippen LogP contribution in [0.15, 0.2) is 134 Å². The first-order chi connectivity index (χ1) is 16.5. The molecule has 0 radical (unpaired) electrons. The Morgan fingerprint density at radius 2 is 1.15 bits per heavy atom. The third kappa shape index (κ3) is 5.83. The average Bonchev–Trinajstić information content (AvgIpc) is 2.90. The van der Waals surface area contributed by atoms with Gasteiger partial charge in [0.05, 0.1) is 0 Å². The molecule has 0 amide bonds. The third-order valence-corrected chi connectivity index (χ3v) is 6.76. The summed E-state index contributed by atoms with van der Waals surface area (Å²) in [5.41, 5.74) is 7.66. The van der Waals surface area contributed by atoms with Gasteiger partial charge in [0.25, 0.3) is 0 Å². The van der Waals surface area contributed by atoms with Gasteiger partial charge in [-0.05, 0) is 52.2 Å². The first kappa shape index (κ1) is 23.5. The van der Waals surface area contributed by atoms with Crippen LogP contribution in [-0.4, -0.2) is 0 Å². The Labute approximate surface area is 205 Å². The SMILES string of the molecule is C=C(CC(C)(CC(=CC(C)c1ccccc1)c1ccccc1)c1ccccc1)c1ccccc1. The molecule has 0 saturated heterocycles. The lowest BCUT2D eigenvalue weighted by Crippen LogP contribution is -2.23. The van der Waals surface area contributed by atoms with Crippen molar-refractivity contribution < 1.29 is 0 Å². The van der Waals surface area contributed by atoms with E-state index in [9.17, 15) is 0 Å². The second-order valence-corrected chi connectivity index (χ2v) is 9.51. The lowest BCUT2D eigenvalue weighted by Gasteiger charge is -2.33. The summed E-state index contributed by atoms with van der Waals surface area (Å²) in [5.74, 6) is 0.328. The molecule has 0 spiro atoms. The molecule has 4 aromatic rings. The molecule has 0 nitrogen and oxygen atoms in total. The molecule has 34 heavy (non-hydrogen) atoms. The highest BCUT2D eigenvalue weighted by Gasteiger charge is 2.29. The molecule has 4 aromatic carbocycles. The van der Waals surface area contributed by atoms with Crippen molar-refractivity contribution in [3.05, 3.63) is 156 Å². The summed E-state index contributed by atoms with van der Waals surface area (Å²) in [6.07, 6.45) is 4.28. The highest BCUT2D eigenvalue weighted by molar-refractivity contribution is 5.70. The molecule has 2 atom stereocenters. The van der Waals surface area contributed by atoms with E-state index < -0.39 is 0 Å². The van der Waals surface area contributed by atoms with E-state index in [1.165, 1.54) is 33.4 Å². The zero-order chi connectivity index (χ0) is 23.8. The third-order valence-electron chi connectivity index (χ3n) is 6.76. The zero-order valence-corrected chi connectivity index (χ0v) is 20.3. The Morgan fingerprint density at radius 3 is 1.71 bits per heavy atom. The van der Waals surface area contributed by atoms with Gasteiger partial charge in [-0.1, -0.05) is 148 Å². The second-order valence-electron chi connectivity index (χ2n) is 9.51. The highest BCUT2D eigenvalue weighted by Crippen LogP contribution is 2.42. The number of benzene rings is 4. The van der Waals surface area contributed by atoms with Gasteiger partial charge >= 0.3 is 0 Å². The molecule has 0 aromatic heterocycles. The van der Waals surface area contributed by atoms with Crippen LogP contribution in [0.2, 0.25) is 0 Å². The normalized spacial score (nSPS) is 14.2. The van der Waals surface area contributed by atoms with Crippen molar-refractivity contribution in [2.24, 2.45) is 0 Å². The summed E-state index contributed by atoms with van der Waals surface area (Å²) < 4.78 is 0. The average molecular weight is 443 g/mol. The number of hydrogen-bond acceptors (Lipinski definition) is 0. The standard InChI is InChI=1S/C34H34/c1-27(29-16-8-4-9-17-29)24-32(31-20-12-6-13-21-31)26-34(3,33-22-14-7-15-23-33)25-28(2)30-18-10-5-11-19-30/h4-24,27H,2,25-26H2,1,3H3. The fourth-order valence-corrected chi connectivity index (χ4v) is 4.84. The maximum absolute atomic E-state index is 4.50. The first-order valence-electron chi connectivity index (χ1n) is 12.1. The van der Waals surface area contributed by atoms with Crippen molar-refractivity contribution >= 4 is 11.1 Å². The molecular formula is C34H34. The summed E-state index contributed by atoms with van der Waals surface area (Å²) >= 11 is 0. The predicted octanol–water partition coefficient (Wildman–Crippen LogP) is 9.33. The number of allylic oxidation sites excluding steroid dienone is 3. The van der Waals surface area contributed by atoms with Crippen molar-refractivity contribution in [1.29, 1.82) is 0 Å². The summed E-state index contributed by atoms with van der Waals surface area (Å²) in [4.78, 5) is 0. The van der Waals surface area contributed by atoms with Crippen LogP contribution in [0.5, 0.6) is 0 Å². The van der Waals surface area contributed by atoms with E-state index in [1.54, 1.807) is 0 Å². The minimum absolute atomic E-state index is 0.0910. The first-order valence-corrected chi connectivity index (χ1v) is 12.1. The molecule has 2 unspecified atom stereocenters. The van der Waals surface area contributed by atoms with Gasteiger partial charge in [-0.25, -0.2) is 0 Å². The summed E-state index contributed by atoms with van der Waals surface area (Å²) in [6, 6.07) is 43.1. The number of hydrogen-bond donors (Lipinski definition) is 0. The van der Waals surface area contributed by atoms with Gasteiger partial charge in [0.1, 0.15) is 0 Å². The van der Waals surface area contributed by atoms with E-state index in [2.05, 4.69) is 148 Å². The molecule has 0 saturated carbocycles. The van der Waals surface area contributed by atoms with Gasteiger partial charge in [0.2, 0.25) is 0 Å². The van der Waals surface area contributed by atoms with Gasteiger partial charge in [-0.2, -0.15) is 0 Å². The van der Waals surface area contributed by atoms with E-state index in [-0.39, 0.29) is 5.41 Å². The Morgan fingerprint density at radius 1 is 0.676 bits per heavy atom. The van der Waals surface area contributed by atoms with Crippen molar-refractivity contribution in [2.75, 3.05) is 0 Å². The summed E-state index contributed by atoms with van der Waals surface area (Å²) in [7, 11) is 0. The van der Waals surface area contributed by atoms with Crippen LogP contribution in [0.1, 0.15) is 54.9 Å². The second kappa shape index (κ2) is 11.0. The summed E-state index contributed by atoms with van der Waals surface area (Å²) in [6.45, 7) is 9.19. The number of rotatable bonds is 9. The highest BCUT2D eigenvalue weighted by atomic mass is 14.3. The molecule has 0 heterocycles. The topological polar surface area (TPSA) is 0 Å². The Kier molecular flexibility index (Phi) is 7.60. The lowest BCUT2D eigenvalue weighted by atomic mass is 9.71. The molecule has 0 heteroatoms. The smallest absolute Gasteiger partial charge is 0.000549 e. The quantitative estimate of drug-likeness (QED) is 0.242. The molecule has 0 aliphatic heterocycles. The molecule has 0 aliphatic carbocycles. The van der Waals surface area contributed by atoms with Crippen LogP contribution in [0, 0.1) is 0 Å². The fraction of sp³-hybridized carbons (Fsp3) is 0.176. The van der Waals surface area contributed by atoms with Crippen LogP contribution in [0.4, 0.5) is 0 Å². The Hall–Kier alpha value is -3.64. The largest absolute Gasteiger partial charge is 0.0952 e. The van der Waals surface area contributed by atoms with Crippen LogP contribution in [0.25, 0.3) is 11.1 Å². The van der Waals surface area contributed by atoms with Gasteiger partial charge in [-0.15, -0.1) is 0 Å². The maximum Gasteiger partial charge on any atom is 0.000549 e. The monoisotopic (exact) mass is 442 g/mol. The van der Waals surface area contributed by atoms with E-state index >= 15 is 0 Å². The van der Waals surface area contributed by atoms with Gasteiger partial charge in [0, 0.05) is 5.41 Å². The lowest BCUT2D eigenvalue weighted by molar-refractivity contribution is 0.498.